The van der Waals surface area contributed by atoms with Gasteiger partial charge >= 0.3 is 0 Å². The van der Waals surface area contributed by atoms with E-state index in [1.54, 1.807) is 11.8 Å². The van der Waals surface area contributed by atoms with Crippen molar-refractivity contribution in [2.45, 2.75) is 26.7 Å². The third-order valence-corrected chi connectivity index (χ3v) is 4.45. The van der Waals surface area contributed by atoms with E-state index < -0.39 is 0 Å². The first kappa shape index (κ1) is 17.2. The average Bonchev–Trinajstić information content (AvgIpc) is 3.22. The number of hydrogen-bond acceptors (Lipinski definition) is 5. The lowest BCUT2D eigenvalue weighted by molar-refractivity contribution is -0.116. The number of thiazole rings is 1. The minimum atomic E-state index is -0.0180. The van der Waals surface area contributed by atoms with Gasteiger partial charge in [0, 0.05) is 23.4 Å². The number of hydrogen-bond donors (Lipinski definition) is 1. The Morgan fingerprint density at radius 1 is 1.32 bits per heavy atom. The van der Waals surface area contributed by atoms with Crippen LogP contribution in [0.3, 0.4) is 0 Å². The fourth-order valence-electron chi connectivity index (χ4n) is 2.42. The number of aryl methyl sites for hydroxylation is 1. The van der Waals surface area contributed by atoms with Gasteiger partial charge in [-0.3, -0.25) is 4.79 Å². The Hall–Kier alpha value is -2.67. The Morgan fingerprint density at radius 3 is 2.76 bits per heavy atom. The summed E-state index contributed by atoms with van der Waals surface area (Å²) in [6.07, 6.45) is 1.29. The van der Waals surface area contributed by atoms with Gasteiger partial charge in [0.2, 0.25) is 11.0 Å². The van der Waals surface area contributed by atoms with Gasteiger partial charge in [0.25, 0.3) is 0 Å². The van der Waals surface area contributed by atoms with Gasteiger partial charge in [-0.2, -0.15) is 9.78 Å². The highest BCUT2D eigenvalue weighted by Crippen LogP contribution is 2.27. The maximum Gasteiger partial charge on any atom is 0.225 e. The molecule has 0 fully saturated rings. The Bertz CT molecular complexity index is 868. The molecule has 6 nitrogen and oxygen atoms in total. The second kappa shape index (κ2) is 7.48. The lowest BCUT2D eigenvalue weighted by Crippen LogP contribution is -2.14. The number of amides is 1. The number of benzene rings is 1. The van der Waals surface area contributed by atoms with E-state index >= 15 is 0 Å². The minimum absolute atomic E-state index is 0.0180. The molecule has 1 amide bonds. The zero-order chi connectivity index (χ0) is 17.8. The van der Waals surface area contributed by atoms with E-state index in [4.69, 9.17) is 4.74 Å². The number of aromatic nitrogens is 3. The van der Waals surface area contributed by atoms with Crippen molar-refractivity contribution in [1.82, 2.24) is 14.8 Å². The number of carbonyl (C=O) groups is 1. The molecule has 0 unspecified atom stereocenters. The van der Waals surface area contributed by atoms with Crippen molar-refractivity contribution < 1.29 is 9.53 Å². The lowest BCUT2D eigenvalue weighted by Gasteiger charge is -2.05. The Balaban J connectivity index is 1.87. The van der Waals surface area contributed by atoms with Crippen molar-refractivity contribution in [1.29, 1.82) is 0 Å². The molecule has 1 aromatic carbocycles. The quantitative estimate of drug-likeness (QED) is 0.723. The number of carbonyl (C=O) groups excluding carboxylic acids is 1. The zero-order valence-corrected chi connectivity index (χ0v) is 15.3. The second-order valence-corrected chi connectivity index (χ2v) is 6.46. The molecule has 0 aliphatic heterocycles. The number of methoxy groups -OCH3 is 1. The molecule has 25 heavy (non-hydrogen) atoms. The largest absolute Gasteiger partial charge is 0.497 e. The van der Waals surface area contributed by atoms with Crippen LogP contribution in [0.4, 0.5) is 5.82 Å². The third-order valence-electron chi connectivity index (χ3n) is 3.64. The molecule has 2 aromatic heterocycles. The Morgan fingerprint density at radius 2 is 2.08 bits per heavy atom. The number of anilines is 1. The number of nitrogens with zero attached hydrogens (tertiary/aromatic N) is 3. The van der Waals surface area contributed by atoms with Gasteiger partial charge in [0.05, 0.1) is 18.5 Å². The fourth-order valence-corrected chi connectivity index (χ4v) is 3.22. The first-order valence-electron chi connectivity index (χ1n) is 8.07. The molecule has 2 heterocycles. The van der Waals surface area contributed by atoms with E-state index in [2.05, 4.69) is 15.4 Å². The van der Waals surface area contributed by atoms with Crippen molar-refractivity contribution >= 4 is 23.1 Å². The first-order valence-corrected chi connectivity index (χ1v) is 8.95. The highest BCUT2D eigenvalue weighted by Gasteiger charge is 2.14. The molecule has 0 spiro atoms. The number of ether oxygens (including phenoxy) is 1. The second-order valence-electron chi connectivity index (χ2n) is 5.62. The monoisotopic (exact) mass is 356 g/mol. The maximum atomic E-state index is 11.9. The van der Waals surface area contributed by atoms with Gasteiger partial charge in [-0.1, -0.05) is 6.92 Å². The summed E-state index contributed by atoms with van der Waals surface area (Å²) in [5, 5.41) is 10.1. The van der Waals surface area contributed by atoms with Crippen molar-refractivity contribution in [3.05, 3.63) is 41.4 Å². The average molecular weight is 356 g/mol. The normalized spacial score (nSPS) is 10.7. The van der Waals surface area contributed by atoms with Crippen molar-refractivity contribution in [2.75, 3.05) is 12.4 Å². The summed E-state index contributed by atoms with van der Waals surface area (Å²) in [5.41, 5.74) is 2.69. The van der Waals surface area contributed by atoms with Gasteiger partial charge in [0.1, 0.15) is 11.6 Å². The van der Waals surface area contributed by atoms with Gasteiger partial charge in [0.15, 0.2) is 0 Å². The van der Waals surface area contributed by atoms with Crippen LogP contribution in [-0.2, 0) is 4.79 Å². The summed E-state index contributed by atoms with van der Waals surface area (Å²) in [6, 6.07) is 9.60. The fraction of sp³-hybridized carbons (Fsp3) is 0.278. The lowest BCUT2D eigenvalue weighted by atomic mass is 10.2. The predicted octanol–water partition coefficient (Wildman–Crippen LogP) is 4.05. The van der Waals surface area contributed by atoms with Crippen LogP contribution >= 0.6 is 11.3 Å². The topological polar surface area (TPSA) is 69.0 Å². The van der Waals surface area contributed by atoms with Crippen LogP contribution in [0.2, 0.25) is 0 Å². The summed E-state index contributed by atoms with van der Waals surface area (Å²) in [4.78, 5) is 16.6. The van der Waals surface area contributed by atoms with E-state index in [0.717, 1.165) is 29.1 Å². The summed E-state index contributed by atoms with van der Waals surface area (Å²) >= 11 is 1.48. The van der Waals surface area contributed by atoms with Crippen LogP contribution in [-0.4, -0.2) is 27.8 Å². The molecule has 0 aliphatic carbocycles. The standard InChI is InChI=1S/C18H20N4O2S/c1-4-5-17(23)20-16-10-12(2)21-22(16)18-19-15(11-25-18)13-6-8-14(24-3)9-7-13/h6-11H,4-5H2,1-3H3,(H,20,23). The van der Waals surface area contributed by atoms with Gasteiger partial charge in [-0.05, 0) is 37.6 Å². The summed E-state index contributed by atoms with van der Waals surface area (Å²) < 4.78 is 6.86. The molecular weight excluding hydrogens is 336 g/mol. The summed E-state index contributed by atoms with van der Waals surface area (Å²) in [6.45, 7) is 3.87. The van der Waals surface area contributed by atoms with Gasteiger partial charge in [-0.15, -0.1) is 11.3 Å². The Kier molecular flexibility index (Phi) is 5.14. The van der Waals surface area contributed by atoms with E-state index in [-0.39, 0.29) is 5.91 Å². The van der Waals surface area contributed by atoms with Crippen LogP contribution in [0.15, 0.2) is 35.7 Å². The molecule has 3 rings (SSSR count). The van der Waals surface area contributed by atoms with Crippen molar-refractivity contribution in [3.8, 4) is 22.1 Å². The van der Waals surface area contributed by atoms with Crippen LogP contribution in [0.5, 0.6) is 5.75 Å². The molecule has 7 heteroatoms. The van der Waals surface area contributed by atoms with Crippen LogP contribution in [0.1, 0.15) is 25.5 Å². The van der Waals surface area contributed by atoms with Gasteiger partial charge < -0.3 is 10.1 Å². The molecule has 130 valence electrons. The molecule has 0 aliphatic rings. The van der Waals surface area contributed by atoms with E-state index in [0.29, 0.717) is 17.4 Å². The molecule has 1 N–H and O–H groups in total. The molecular formula is C18H20N4O2S. The van der Waals surface area contributed by atoms with Crippen LogP contribution < -0.4 is 10.1 Å². The summed E-state index contributed by atoms with van der Waals surface area (Å²) in [5.74, 6) is 1.44. The Labute approximate surface area is 150 Å². The number of rotatable bonds is 6. The van der Waals surface area contributed by atoms with Crippen molar-refractivity contribution in [3.63, 3.8) is 0 Å². The highest BCUT2D eigenvalue weighted by atomic mass is 32.1. The molecule has 3 aromatic rings. The molecule has 0 radical (unpaired) electrons. The molecule has 0 saturated carbocycles. The van der Waals surface area contributed by atoms with Gasteiger partial charge in [-0.25, -0.2) is 4.98 Å². The van der Waals surface area contributed by atoms with E-state index in [1.165, 1.54) is 11.3 Å². The van der Waals surface area contributed by atoms with Crippen LogP contribution in [0.25, 0.3) is 16.4 Å². The minimum Gasteiger partial charge on any atom is -0.497 e. The number of nitrogens with one attached hydrogen (secondary N) is 1. The third kappa shape index (κ3) is 3.88. The smallest absolute Gasteiger partial charge is 0.225 e. The molecule has 0 bridgehead atoms. The first-order chi connectivity index (χ1) is 12.1. The maximum absolute atomic E-state index is 11.9. The highest BCUT2D eigenvalue weighted by molar-refractivity contribution is 7.12. The molecule has 0 saturated heterocycles. The van der Waals surface area contributed by atoms with E-state index in [9.17, 15) is 4.79 Å². The van der Waals surface area contributed by atoms with Crippen LogP contribution in [0, 0.1) is 6.92 Å². The summed E-state index contributed by atoms with van der Waals surface area (Å²) in [7, 11) is 1.64. The molecule has 0 atom stereocenters. The predicted molar refractivity (Wildman–Crippen MR) is 99.5 cm³/mol. The SMILES string of the molecule is CCCC(=O)Nc1cc(C)nn1-c1nc(-c2ccc(OC)cc2)cs1. The zero-order valence-electron chi connectivity index (χ0n) is 14.4. The van der Waals surface area contributed by atoms with Crippen molar-refractivity contribution in [2.24, 2.45) is 0 Å². The van der Waals surface area contributed by atoms with E-state index in [1.807, 2.05) is 49.6 Å².